The van der Waals surface area contributed by atoms with Gasteiger partial charge < -0.3 is 15.9 Å². The second-order valence-corrected chi connectivity index (χ2v) is 8.91. The summed E-state index contributed by atoms with van der Waals surface area (Å²) < 4.78 is 31.7. The molecular weight excluding hydrogens is 527 g/mol. The minimum atomic E-state index is -5.08. The van der Waals surface area contributed by atoms with Crippen LogP contribution in [0.15, 0.2) is 96.0 Å². The molecule has 5 rings (SSSR count). The first kappa shape index (κ1) is 27.6. The quantitative estimate of drug-likeness (QED) is 0.185. The van der Waals surface area contributed by atoms with E-state index in [9.17, 15) is 18.3 Å². The van der Waals surface area contributed by atoms with Gasteiger partial charge in [0.2, 0.25) is 5.88 Å². The summed E-state index contributed by atoms with van der Waals surface area (Å²) in [5.41, 5.74) is 13.1. The fourth-order valence-electron chi connectivity index (χ4n) is 3.89. The molecule has 0 spiro atoms. The van der Waals surface area contributed by atoms with Crippen LogP contribution in [0.1, 0.15) is 5.56 Å². The number of pyridine rings is 2. The Morgan fingerprint density at radius 2 is 1.51 bits per heavy atom. The molecule has 39 heavy (non-hydrogen) atoms. The van der Waals surface area contributed by atoms with Crippen LogP contribution in [0.4, 0.5) is 13.2 Å². The molecule has 0 aliphatic rings. The second-order valence-electron chi connectivity index (χ2n) is 8.40. The van der Waals surface area contributed by atoms with Crippen LogP contribution < -0.4 is 5.73 Å². The minimum absolute atomic E-state index is 0.0412. The molecule has 0 unspecified atom stereocenters. The number of aromatic hydroxyl groups is 1. The zero-order valence-corrected chi connectivity index (χ0v) is 21.1. The van der Waals surface area contributed by atoms with Crippen molar-refractivity contribution in [2.45, 2.75) is 17.6 Å². The molecule has 0 fully saturated rings. The van der Waals surface area contributed by atoms with Crippen molar-refractivity contribution in [3.63, 3.8) is 0 Å². The number of benzene rings is 3. The van der Waals surface area contributed by atoms with Gasteiger partial charge in [0, 0.05) is 34.3 Å². The van der Waals surface area contributed by atoms with Gasteiger partial charge in [0.05, 0.1) is 16.6 Å². The summed E-state index contributed by atoms with van der Waals surface area (Å²) in [4.78, 5) is 19.1. The number of nitrogens with zero attached hydrogens (tertiary/aromatic N) is 2. The smallest absolute Gasteiger partial charge is 0.490 e. The fourth-order valence-corrected chi connectivity index (χ4v) is 4.11. The summed E-state index contributed by atoms with van der Waals surface area (Å²) in [5.74, 6) is -2.80. The van der Waals surface area contributed by atoms with E-state index in [1.54, 1.807) is 6.20 Å². The van der Waals surface area contributed by atoms with Crippen LogP contribution >= 0.6 is 12.6 Å². The van der Waals surface area contributed by atoms with Crippen molar-refractivity contribution in [1.29, 1.82) is 0 Å². The molecule has 0 aliphatic heterocycles. The Hall–Kier alpha value is -4.41. The van der Waals surface area contributed by atoms with Gasteiger partial charge in [-0.05, 0) is 34.9 Å². The number of carboxylic acid groups (broad SMARTS) is 1. The van der Waals surface area contributed by atoms with Gasteiger partial charge in [-0.3, -0.25) is 0 Å². The van der Waals surface area contributed by atoms with Gasteiger partial charge in [0.1, 0.15) is 0 Å². The first-order chi connectivity index (χ1) is 18.6. The van der Waals surface area contributed by atoms with Crippen molar-refractivity contribution < 1.29 is 28.2 Å². The Labute approximate surface area is 227 Å². The molecule has 2 heterocycles. The molecule has 198 valence electrons. The van der Waals surface area contributed by atoms with E-state index in [0.29, 0.717) is 17.4 Å². The minimum Gasteiger partial charge on any atom is -0.493 e. The Balaban J connectivity index is 0.000000448. The first-order valence-electron chi connectivity index (χ1n) is 11.6. The van der Waals surface area contributed by atoms with Crippen molar-refractivity contribution in [2.24, 2.45) is 5.73 Å². The van der Waals surface area contributed by atoms with Gasteiger partial charge in [0.15, 0.2) is 0 Å². The van der Waals surface area contributed by atoms with E-state index in [-0.39, 0.29) is 5.88 Å². The van der Waals surface area contributed by atoms with Crippen LogP contribution in [0, 0.1) is 0 Å². The summed E-state index contributed by atoms with van der Waals surface area (Å²) in [6.45, 7) is 0.487. The highest BCUT2D eigenvalue weighted by molar-refractivity contribution is 7.80. The number of nitrogens with two attached hydrogens (primary N) is 1. The maximum Gasteiger partial charge on any atom is 0.490 e. The van der Waals surface area contributed by atoms with E-state index >= 15 is 0 Å². The summed E-state index contributed by atoms with van der Waals surface area (Å²) in [5, 5.41) is 18.3. The average Bonchev–Trinajstić information content (AvgIpc) is 2.93. The van der Waals surface area contributed by atoms with Crippen LogP contribution in [0.5, 0.6) is 5.88 Å². The predicted molar refractivity (Wildman–Crippen MR) is 146 cm³/mol. The predicted octanol–water partition coefficient (Wildman–Crippen LogP) is 6.72. The van der Waals surface area contributed by atoms with E-state index in [2.05, 4.69) is 17.6 Å². The van der Waals surface area contributed by atoms with E-state index in [0.717, 1.165) is 44.0 Å². The van der Waals surface area contributed by atoms with Gasteiger partial charge >= 0.3 is 12.1 Å². The van der Waals surface area contributed by atoms with Crippen molar-refractivity contribution in [2.75, 3.05) is 0 Å². The lowest BCUT2D eigenvalue weighted by Gasteiger charge is -2.15. The highest BCUT2D eigenvalue weighted by Gasteiger charge is 2.38. The highest BCUT2D eigenvalue weighted by Crippen LogP contribution is 2.39. The third-order valence-corrected chi connectivity index (χ3v) is 6.06. The molecule has 6 nitrogen and oxygen atoms in total. The van der Waals surface area contributed by atoms with E-state index in [4.69, 9.17) is 20.6 Å². The molecule has 0 saturated heterocycles. The molecule has 10 heteroatoms. The Morgan fingerprint density at radius 1 is 0.872 bits per heavy atom. The molecule has 3 aromatic carbocycles. The molecule has 4 N–H and O–H groups in total. The van der Waals surface area contributed by atoms with Gasteiger partial charge in [-0.1, -0.05) is 66.7 Å². The van der Waals surface area contributed by atoms with Crippen LogP contribution in [0.25, 0.3) is 44.4 Å². The molecule has 0 bridgehead atoms. The van der Waals surface area contributed by atoms with Crippen molar-refractivity contribution in [3.8, 4) is 39.4 Å². The number of thiol groups is 1. The van der Waals surface area contributed by atoms with Crippen molar-refractivity contribution in [1.82, 2.24) is 9.97 Å². The van der Waals surface area contributed by atoms with E-state index in [1.807, 2.05) is 84.9 Å². The van der Waals surface area contributed by atoms with Gasteiger partial charge in [0.25, 0.3) is 0 Å². The lowest BCUT2D eigenvalue weighted by atomic mass is 9.95. The number of aromatic nitrogens is 2. The maximum absolute atomic E-state index is 10.6. The molecule has 0 aliphatic carbocycles. The number of carbonyl (C=O) groups is 1. The summed E-state index contributed by atoms with van der Waals surface area (Å²) in [6, 6.07) is 28.0. The molecule has 0 saturated carbocycles. The molecule has 5 aromatic rings. The molecule has 0 radical (unpaired) electrons. The second kappa shape index (κ2) is 11.5. The monoisotopic (exact) mass is 549 g/mol. The number of fused-ring (bicyclic) bond motifs is 1. The third-order valence-electron chi connectivity index (χ3n) is 5.78. The average molecular weight is 550 g/mol. The van der Waals surface area contributed by atoms with Gasteiger partial charge in [-0.25, -0.2) is 14.8 Å². The number of hydrogen-bond acceptors (Lipinski definition) is 6. The fraction of sp³-hybridized carbons (Fsp3) is 0.0690. The Bertz CT molecular complexity index is 1630. The summed E-state index contributed by atoms with van der Waals surface area (Å²) in [6.07, 6.45) is -3.42. The molecule has 0 amide bonds. The standard InChI is InChI=1S/C27H21N3OS.C2HF3O2/c28-15-17-9-11-19(12-10-17)25-22(18-5-2-1-3-6-18)14-23-26(30-25)24(16-29-27(23)31)20-7-4-8-21(32)13-20;3-2(4,5)1(6)7/h1-14,16,32H,15,28H2,(H,29,31);(H,6,7). The molecule has 2 aromatic heterocycles. The van der Waals surface area contributed by atoms with Crippen LogP contribution in [-0.4, -0.2) is 32.3 Å². The zero-order valence-electron chi connectivity index (χ0n) is 20.2. The summed E-state index contributed by atoms with van der Waals surface area (Å²) >= 11 is 4.48. The maximum atomic E-state index is 10.6. The summed E-state index contributed by atoms with van der Waals surface area (Å²) in [7, 11) is 0. The van der Waals surface area contributed by atoms with Crippen LogP contribution in [0.2, 0.25) is 0 Å². The molecular formula is C29H22F3N3O3S. The van der Waals surface area contributed by atoms with Crippen LogP contribution in [0.3, 0.4) is 0 Å². The third kappa shape index (κ3) is 6.36. The zero-order chi connectivity index (χ0) is 28.2. The van der Waals surface area contributed by atoms with Gasteiger partial charge in [-0.2, -0.15) is 13.2 Å². The molecule has 0 atom stereocenters. The normalized spacial score (nSPS) is 11.1. The largest absolute Gasteiger partial charge is 0.493 e. The van der Waals surface area contributed by atoms with Crippen LogP contribution in [-0.2, 0) is 11.3 Å². The van der Waals surface area contributed by atoms with Gasteiger partial charge in [-0.15, -0.1) is 12.6 Å². The lowest BCUT2D eigenvalue weighted by molar-refractivity contribution is -0.192. The number of rotatable bonds is 4. The number of aliphatic carboxylic acids is 1. The topological polar surface area (TPSA) is 109 Å². The van der Waals surface area contributed by atoms with E-state index in [1.165, 1.54) is 0 Å². The van der Waals surface area contributed by atoms with E-state index < -0.39 is 12.1 Å². The number of carboxylic acids is 1. The number of alkyl halides is 3. The highest BCUT2D eigenvalue weighted by atomic mass is 32.1. The first-order valence-corrected chi connectivity index (χ1v) is 12.0. The number of hydrogen-bond donors (Lipinski definition) is 4. The SMILES string of the molecule is NCc1ccc(-c2nc3c(-c4cccc(S)c4)cnc(O)c3cc2-c2ccccc2)cc1.O=C(O)C(F)(F)F. The Morgan fingerprint density at radius 3 is 2.10 bits per heavy atom. The lowest BCUT2D eigenvalue weighted by Crippen LogP contribution is -2.21. The van der Waals surface area contributed by atoms with Crippen molar-refractivity contribution >= 4 is 29.5 Å². The van der Waals surface area contributed by atoms with Crippen molar-refractivity contribution in [3.05, 3.63) is 96.7 Å². The Kier molecular flexibility index (Phi) is 8.18. The number of halogens is 3.